The van der Waals surface area contributed by atoms with Crippen molar-refractivity contribution >= 4 is 31.8 Å². The zero-order chi connectivity index (χ0) is 11.6. The van der Waals surface area contributed by atoms with Crippen LogP contribution in [-0.4, -0.2) is 24.5 Å². The Labute approximate surface area is 96.4 Å². The van der Waals surface area contributed by atoms with Crippen molar-refractivity contribution in [3.8, 4) is 0 Å². The highest BCUT2D eigenvalue weighted by Crippen LogP contribution is 2.15. The number of aromatic nitrogens is 2. The molecule has 0 unspecified atom stereocenters. The molecular weight excluding hydrogens is 284 g/mol. The predicted molar refractivity (Wildman–Crippen MR) is 60.9 cm³/mol. The predicted octanol–water partition coefficient (Wildman–Crippen LogP) is 0.189. The van der Waals surface area contributed by atoms with Gasteiger partial charge in [0, 0.05) is 18.1 Å². The van der Waals surface area contributed by atoms with Gasteiger partial charge in [-0.2, -0.15) is 0 Å². The molecule has 1 heterocycles. The highest BCUT2D eigenvalue weighted by Gasteiger charge is 2.21. The highest BCUT2D eigenvalue weighted by atomic mass is 79.9. The minimum Gasteiger partial charge on any atom is -0.381 e. The molecule has 84 valence electrons. The number of imidazole rings is 1. The van der Waals surface area contributed by atoms with Crippen molar-refractivity contribution in [3.05, 3.63) is 17.4 Å². The molecule has 1 rings (SSSR count). The summed E-state index contributed by atoms with van der Waals surface area (Å²) in [7, 11) is -2.08. The van der Waals surface area contributed by atoms with Crippen molar-refractivity contribution < 1.29 is 8.42 Å². The molecule has 0 aliphatic carbocycles. The second-order valence-corrected chi connectivity index (χ2v) is 5.69. The van der Waals surface area contributed by atoms with E-state index in [1.165, 1.54) is 10.9 Å². The summed E-state index contributed by atoms with van der Waals surface area (Å²) in [6.07, 6.45) is 1.34. The second-order valence-electron chi connectivity index (χ2n) is 2.89. The molecule has 0 aliphatic heterocycles. The minimum absolute atomic E-state index is 0.0230. The topological polar surface area (TPSA) is 90.0 Å². The average molecular weight is 295 g/mol. The van der Waals surface area contributed by atoms with E-state index >= 15 is 0 Å². The molecular formula is C7H11BrN4O2S. The lowest BCUT2D eigenvalue weighted by Gasteiger charge is -2.06. The van der Waals surface area contributed by atoms with Crippen molar-refractivity contribution in [1.82, 2.24) is 14.3 Å². The maximum Gasteiger partial charge on any atom is 0.260 e. The van der Waals surface area contributed by atoms with E-state index in [0.29, 0.717) is 4.48 Å². The molecule has 8 heteroatoms. The number of hydrogen-bond acceptors (Lipinski definition) is 4. The third-order valence-corrected chi connectivity index (χ3v) is 3.43. The van der Waals surface area contributed by atoms with Gasteiger partial charge in [-0.15, -0.1) is 0 Å². The number of aryl methyl sites for hydroxylation is 1. The fraction of sp³-hybridized carbons (Fsp3) is 0.286. The summed E-state index contributed by atoms with van der Waals surface area (Å²) in [5, 5.41) is -0.0451. The summed E-state index contributed by atoms with van der Waals surface area (Å²) in [4.78, 5) is 3.70. The zero-order valence-electron chi connectivity index (χ0n) is 8.07. The van der Waals surface area contributed by atoms with Crippen LogP contribution < -0.4 is 10.5 Å². The molecule has 3 N–H and O–H groups in total. The third kappa shape index (κ3) is 2.80. The van der Waals surface area contributed by atoms with Gasteiger partial charge in [-0.1, -0.05) is 22.5 Å². The largest absolute Gasteiger partial charge is 0.381 e. The van der Waals surface area contributed by atoms with Gasteiger partial charge in [-0.25, -0.2) is 18.1 Å². The number of halogens is 1. The van der Waals surface area contributed by atoms with Crippen LogP contribution >= 0.6 is 15.9 Å². The maximum atomic E-state index is 11.7. The van der Waals surface area contributed by atoms with Crippen LogP contribution in [0.5, 0.6) is 0 Å². The zero-order valence-corrected chi connectivity index (χ0v) is 10.5. The van der Waals surface area contributed by atoms with Gasteiger partial charge in [0.1, 0.15) is 0 Å². The van der Waals surface area contributed by atoms with Crippen molar-refractivity contribution in [2.75, 3.05) is 12.3 Å². The van der Waals surface area contributed by atoms with Crippen LogP contribution in [0.4, 0.5) is 5.82 Å². The third-order valence-electron chi connectivity index (χ3n) is 1.62. The van der Waals surface area contributed by atoms with Crippen molar-refractivity contribution in [3.63, 3.8) is 0 Å². The van der Waals surface area contributed by atoms with Gasteiger partial charge in [0.15, 0.2) is 10.8 Å². The Hall–Kier alpha value is -0.860. The molecule has 0 aromatic carbocycles. The Kier molecular flexibility index (Phi) is 3.53. The quantitative estimate of drug-likeness (QED) is 0.829. The molecule has 0 spiro atoms. The molecule has 0 radical (unpaired) electrons. The first-order chi connectivity index (χ1) is 6.84. The lowest BCUT2D eigenvalue weighted by molar-refractivity contribution is 0.576. The summed E-state index contributed by atoms with van der Waals surface area (Å²) < 4.78 is 27.7. The number of nitrogens with two attached hydrogens (primary N) is 1. The fourth-order valence-electron chi connectivity index (χ4n) is 1.01. The number of sulfonamides is 1. The number of hydrogen-bond donors (Lipinski definition) is 2. The molecule has 15 heavy (non-hydrogen) atoms. The Bertz CT molecular complexity index is 460. The number of nitrogens with zero attached hydrogens (tertiary/aromatic N) is 2. The molecule has 1 aromatic rings. The molecule has 0 bridgehead atoms. The minimum atomic E-state index is -3.64. The summed E-state index contributed by atoms with van der Waals surface area (Å²) >= 11 is 3.05. The van der Waals surface area contributed by atoms with Crippen LogP contribution in [0.25, 0.3) is 0 Å². The fourth-order valence-corrected chi connectivity index (χ4v) is 2.59. The molecule has 0 atom stereocenters. The van der Waals surface area contributed by atoms with Crippen LogP contribution in [0.2, 0.25) is 0 Å². The maximum absolute atomic E-state index is 11.7. The van der Waals surface area contributed by atoms with Gasteiger partial charge in [-0.3, -0.25) is 0 Å². The summed E-state index contributed by atoms with van der Waals surface area (Å²) in [5.41, 5.74) is 5.45. The number of nitrogens with one attached hydrogen (secondary N) is 1. The second kappa shape index (κ2) is 4.33. The van der Waals surface area contributed by atoms with E-state index in [1.54, 1.807) is 7.05 Å². The first-order valence-corrected chi connectivity index (χ1v) is 6.22. The van der Waals surface area contributed by atoms with Gasteiger partial charge in [0.2, 0.25) is 0 Å². The van der Waals surface area contributed by atoms with Crippen LogP contribution in [0.1, 0.15) is 0 Å². The van der Waals surface area contributed by atoms with E-state index in [9.17, 15) is 8.42 Å². The van der Waals surface area contributed by atoms with Crippen LogP contribution in [0, 0.1) is 0 Å². The Morgan fingerprint density at radius 1 is 1.80 bits per heavy atom. The molecule has 0 fully saturated rings. The summed E-state index contributed by atoms with van der Waals surface area (Å²) in [6.45, 7) is 3.62. The van der Waals surface area contributed by atoms with E-state index in [-0.39, 0.29) is 17.4 Å². The van der Waals surface area contributed by atoms with Crippen LogP contribution in [0.3, 0.4) is 0 Å². The Morgan fingerprint density at radius 3 is 2.80 bits per heavy atom. The molecule has 0 saturated heterocycles. The smallest absolute Gasteiger partial charge is 0.260 e. The molecule has 6 nitrogen and oxygen atoms in total. The molecule has 0 saturated carbocycles. The van der Waals surface area contributed by atoms with E-state index in [4.69, 9.17) is 5.73 Å². The molecule has 1 aromatic heterocycles. The Balaban J connectivity index is 3.01. The molecule has 0 aliphatic rings. The normalized spacial score (nSPS) is 11.6. The van der Waals surface area contributed by atoms with Crippen molar-refractivity contribution in [2.45, 2.75) is 5.03 Å². The number of nitrogen functional groups attached to an aromatic ring is 1. The van der Waals surface area contributed by atoms with E-state index in [2.05, 4.69) is 32.2 Å². The monoisotopic (exact) mass is 294 g/mol. The van der Waals surface area contributed by atoms with Gasteiger partial charge in [-0.05, 0) is 0 Å². The van der Waals surface area contributed by atoms with Gasteiger partial charge in [0.05, 0.1) is 6.33 Å². The highest BCUT2D eigenvalue weighted by molar-refractivity contribution is 9.11. The van der Waals surface area contributed by atoms with Gasteiger partial charge in [0.25, 0.3) is 10.0 Å². The number of anilines is 1. The van der Waals surface area contributed by atoms with Crippen molar-refractivity contribution in [2.24, 2.45) is 7.05 Å². The first-order valence-electron chi connectivity index (χ1n) is 3.94. The van der Waals surface area contributed by atoms with E-state index in [0.717, 1.165) is 0 Å². The van der Waals surface area contributed by atoms with Crippen molar-refractivity contribution in [1.29, 1.82) is 0 Å². The lowest BCUT2D eigenvalue weighted by Crippen LogP contribution is -2.27. The standard InChI is InChI=1S/C7H11BrN4O2S/c1-5(8)3-11-15(13,14)7-6(9)10-4-12(7)2/h4,11H,1,3,9H2,2H3. The Morgan fingerprint density at radius 2 is 2.40 bits per heavy atom. The van der Waals surface area contributed by atoms with E-state index in [1.807, 2.05) is 0 Å². The lowest BCUT2D eigenvalue weighted by atomic mass is 10.7. The summed E-state index contributed by atoms with van der Waals surface area (Å²) in [5.74, 6) is -0.0230. The summed E-state index contributed by atoms with van der Waals surface area (Å²) in [6, 6.07) is 0. The average Bonchev–Trinajstić information content (AvgIpc) is 2.43. The van der Waals surface area contributed by atoms with E-state index < -0.39 is 10.0 Å². The van der Waals surface area contributed by atoms with Gasteiger partial charge < -0.3 is 10.3 Å². The number of rotatable bonds is 4. The van der Waals surface area contributed by atoms with Crippen LogP contribution in [0.15, 0.2) is 22.4 Å². The first kappa shape index (κ1) is 12.2. The van der Waals surface area contributed by atoms with Crippen LogP contribution in [-0.2, 0) is 17.1 Å². The van der Waals surface area contributed by atoms with Gasteiger partial charge >= 0.3 is 0 Å². The molecule has 0 amide bonds. The SMILES string of the molecule is C=C(Br)CNS(=O)(=O)c1c(N)ncn1C.